The third kappa shape index (κ3) is 4.97. The predicted molar refractivity (Wildman–Crippen MR) is 117 cm³/mol. The number of hydrogen-bond donors (Lipinski definition) is 2. The molecule has 0 atom stereocenters. The zero-order chi connectivity index (χ0) is 20.1. The first kappa shape index (κ1) is 19.1. The van der Waals surface area contributed by atoms with Gasteiger partial charge in [0, 0.05) is 43.1 Å². The van der Waals surface area contributed by atoms with Crippen LogP contribution in [0.15, 0.2) is 71.3 Å². The summed E-state index contributed by atoms with van der Waals surface area (Å²) in [5.74, 6) is 1.46. The van der Waals surface area contributed by atoms with Gasteiger partial charge in [0.25, 0.3) is 6.01 Å². The van der Waals surface area contributed by atoms with Crippen molar-refractivity contribution in [3.05, 3.63) is 66.9 Å². The molecule has 0 bridgehead atoms. The van der Waals surface area contributed by atoms with Gasteiger partial charge in [0.05, 0.1) is 6.20 Å². The van der Waals surface area contributed by atoms with Crippen molar-refractivity contribution in [1.82, 2.24) is 10.3 Å². The van der Waals surface area contributed by atoms with Gasteiger partial charge in [0.15, 0.2) is 5.76 Å². The van der Waals surface area contributed by atoms with Crippen LogP contribution in [0.4, 0.5) is 17.4 Å². The van der Waals surface area contributed by atoms with Crippen LogP contribution in [0.3, 0.4) is 0 Å². The maximum absolute atomic E-state index is 5.89. The van der Waals surface area contributed by atoms with Gasteiger partial charge in [-0.25, -0.2) is 4.98 Å². The number of benzene rings is 2. The fraction of sp³-hybridized carbons (Fsp3) is 0.261. The summed E-state index contributed by atoms with van der Waals surface area (Å²) in [5.41, 5.74) is 4.07. The molecule has 1 saturated heterocycles. The lowest BCUT2D eigenvalue weighted by atomic mass is 10.2. The van der Waals surface area contributed by atoms with Crippen LogP contribution >= 0.6 is 0 Å². The Labute approximate surface area is 171 Å². The molecule has 150 valence electrons. The molecule has 0 aliphatic carbocycles. The van der Waals surface area contributed by atoms with Crippen molar-refractivity contribution < 1.29 is 9.15 Å². The third-order valence-electron chi connectivity index (χ3n) is 4.71. The number of nitrogens with zero attached hydrogens (tertiary/aromatic N) is 2. The van der Waals surface area contributed by atoms with Gasteiger partial charge in [-0.1, -0.05) is 18.7 Å². The Hall–Kier alpha value is -3.25. The van der Waals surface area contributed by atoms with Gasteiger partial charge in [0.1, 0.15) is 12.4 Å². The maximum Gasteiger partial charge on any atom is 0.299 e. The number of aromatic nitrogens is 1. The predicted octanol–water partition coefficient (Wildman–Crippen LogP) is 4.45. The molecule has 2 N–H and O–H groups in total. The monoisotopic (exact) mass is 390 g/mol. The van der Waals surface area contributed by atoms with Crippen molar-refractivity contribution in [3.8, 4) is 17.1 Å². The van der Waals surface area contributed by atoms with E-state index in [2.05, 4.69) is 39.2 Å². The van der Waals surface area contributed by atoms with Crippen molar-refractivity contribution in [2.24, 2.45) is 0 Å². The number of piperazine rings is 1. The summed E-state index contributed by atoms with van der Waals surface area (Å²) in [6.45, 7) is 10.4. The lowest BCUT2D eigenvalue weighted by Gasteiger charge is -2.29. The van der Waals surface area contributed by atoms with Gasteiger partial charge in [0.2, 0.25) is 0 Å². The van der Waals surface area contributed by atoms with E-state index in [-0.39, 0.29) is 0 Å². The van der Waals surface area contributed by atoms with E-state index in [1.54, 1.807) is 6.20 Å². The van der Waals surface area contributed by atoms with Gasteiger partial charge in [-0.15, -0.1) is 0 Å². The van der Waals surface area contributed by atoms with E-state index in [4.69, 9.17) is 9.15 Å². The van der Waals surface area contributed by atoms with E-state index in [0.717, 1.165) is 48.8 Å². The van der Waals surface area contributed by atoms with Gasteiger partial charge in [-0.05, 0) is 48.9 Å². The van der Waals surface area contributed by atoms with Crippen molar-refractivity contribution in [2.75, 3.05) is 43.0 Å². The molecule has 2 heterocycles. The molecule has 0 saturated carbocycles. The Morgan fingerprint density at radius 2 is 2.00 bits per heavy atom. The molecule has 3 aromatic rings. The van der Waals surface area contributed by atoms with E-state index in [9.17, 15) is 0 Å². The molecule has 1 aromatic heterocycles. The molecule has 2 aromatic carbocycles. The average molecular weight is 390 g/mol. The Kier molecular flexibility index (Phi) is 5.81. The lowest BCUT2D eigenvalue weighted by Crippen LogP contribution is -2.43. The number of anilines is 3. The highest BCUT2D eigenvalue weighted by Crippen LogP contribution is 2.28. The summed E-state index contributed by atoms with van der Waals surface area (Å²) in [6, 6.07) is 16.6. The minimum Gasteiger partial charge on any atom is -0.489 e. The van der Waals surface area contributed by atoms with Crippen LogP contribution in [0, 0.1) is 0 Å². The largest absolute Gasteiger partial charge is 0.489 e. The number of oxazole rings is 1. The average Bonchev–Trinajstić information content (AvgIpc) is 3.22. The van der Waals surface area contributed by atoms with E-state index >= 15 is 0 Å². The summed E-state index contributed by atoms with van der Waals surface area (Å²) in [6.07, 6.45) is 1.72. The van der Waals surface area contributed by atoms with Gasteiger partial charge < -0.3 is 24.7 Å². The number of rotatable bonds is 7. The minimum absolute atomic E-state index is 0.461. The molecular formula is C23H26N4O2. The van der Waals surface area contributed by atoms with Crippen molar-refractivity contribution in [2.45, 2.75) is 6.92 Å². The smallest absolute Gasteiger partial charge is 0.299 e. The van der Waals surface area contributed by atoms with E-state index < -0.39 is 0 Å². The molecule has 1 fully saturated rings. The van der Waals surface area contributed by atoms with Crippen LogP contribution in [0.5, 0.6) is 5.75 Å². The molecule has 6 nitrogen and oxygen atoms in total. The molecule has 1 aliphatic heterocycles. The Balaban J connectivity index is 1.41. The quantitative estimate of drug-likeness (QED) is 0.581. The van der Waals surface area contributed by atoms with Crippen LogP contribution in [-0.4, -0.2) is 37.8 Å². The molecular weight excluding hydrogens is 364 g/mol. The molecule has 0 radical (unpaired) electrons. The number of hydrogen-bond acceptors (Lipinski definition) is 6. The third-order valence-corrected chi connectivity index (χ3v) is 4.71. The fourth-order valence-corrected chi connectivity index (χ4v) is 3.21. The topological polar surface area (TPSA) is 62.6 Å². The number of nitrogens with one attached hydrogen (secondary N) is 2. The molecule has 4 rings (SSSR count). The Bertz CT molecular complexity index is 959. The normalized spacial score (nSPS) is 13.9. The SMILES string of the molecule is C=C(C)COc1cccc(-c2cnc(Nc3ccc(N4CCNCC4)cc3)o2)c1. The van der Waals surface area contributed by atoms with Crippen LogP contribution < -0.4 is 20.3 Å². The fourth-order valence-electron chi connectivity index (χ4n) is 3.21. The highest BCUT2D eigenvalue weighted by molar-refractivity contribution is 5.62. The summed E-state index contributed by atoms with van der Waals surface area (Å²) in [5, 5.41) is 6.60. The summed E-state index contributed by atoms with van der Waals surface area (Å²) < 4.78 is 11.6. The molecule has 6 heteroatoms. The van der Waals surface area contributed by atoms with Crippen molar-refractivity contribution in [1.29, 1.82) is 0 Å². The van der Waals surface area contributed by atoms with Gasteiger partial charge in [-0.2, -0.15) is 0 Å². The molecule has 0 amide bonds. The van der Waals surface area contributed by atoms with Crippen molar-refractivity contribution >= 4 is 17.4 Å². The second kappa shape index (κ2) is 8.84. The second-order valence-corrected chi connectivity index (χ2v) is 7.21. The highest BCUT2D eigenvalue weighted by Gasteiger charge is 2.11. The molecule has 1 aliphatic rings. The minimum atomic E-state index is 0.461. The zero-order valence-corrected chi connectivity index (χ0v) is 16.6. The standard InChI is InChI=1S/C23H26N4O2/c1-17(2)16-28-21-5-3-4-18(14-21)22-15-25-23(29-22)26-19-6-8-20(9-7-19)27-12-10-24-11-13-27/h3-9,14-15,24H,1,10-13,16H2,2H3,(H,25,26). The van der Waals surface area contributed by atoms with Crippen LogP contribution in [-0.2, 0) is 0 Å². The Morgan fingerprint density at radius 1 is 1.21 bits per heavy atom. The maximum atomic E-state index is 5.89. The van der Waals surface area contributed by atoms with E-state index in [1.165, 1.54) is 5.69 Å². The second-order valence-electron chi connectivity index (χ2n) is 7.21. The number of ether oxygens (including phenoxy) is 1. The zero-order valence-electron chi connectivity index (χ0n) is 16.6. The van der Waals surface area contributed by atoms with E-state index in [0.29, 0.717) is 18.4 Å². The summed E-state index contributed by atoms with van der Waals surface area (Å²) in [4.78, 5) is 6.73. The Morgan fingerprint density at radius 3 is 2.76 bits per heavy atom. The molecule has 0 spiro atoms. The van der Waals surface area contributed by atoms with Crippen LogP contribution in [0.25, 0.3) is 11.3 Å². The molecule has 29 heavy (non-hydrogen) atoms. The van der Waals surface area contributed by atoms with Gasteiger partial charge >= 0.3 is 0 Å². The van der Waals surface area contributed by atoms with E-state index in [1.807, 2.05) is 43.3 Å². The lowest BCUT2D eigenvalue weighted by molar-refractivity contribution is 0.353. The first-order chi connectivity index (χ1) is 14.2. The highest BCUT2D eigenvalue weighted by atomic mass is 16.5. The summed E-state index contributed by atoms with van der Waals surface area (Å²) in [7, 11) is 0. The first-order valence-corrected chi connectivity index (χ1v) is 9.83. The van der Waals surface area contributed by atoms with Crippen molar-refractivity contribution in [3.63, 3.8) is 0 Å². The summed E-state index contributed by atoms with van der Waals surface area (Å²) >= 11 is 0. The van der Waals surface area contributed by atoms with Gasteiger partial charge in [-0.3, -0.25) is 0 Å². The van der Waals surface area contributed by atoms with Crippen LogP contribution in [0.1, 0.15) is 6.92 Å². The van der Waals surface area contributed by atoms with Crippen LogP contribution in [0.2, 0.25) is 0 Å². The molecule has 0 unspecified atom stereocenters. The first-order valence-electron chi connectivity index (χ1n) is 9.83.